The van der Waals surface area contributed by atoms with Gasteiger partial charge < -0.3 is 14.0 Å². The summed E-state index contributed by atoms with van der Waals surface area (Å²) in [7, 11) is 1.42. The maximum Gasteiger partial charge on any atom is 0.488 e. The van der Waals surface area contributed by atoms with Gasteiger partial charge in [-0.25, -0.2) is 4.98 Å². The van der Waals surface area contributed by atoms with E-state index in [0.717, 1.165) is 21.9 Å². The van der Waals surface area contributed by atoms with Crippen molar-refractivity contribution in [2.75, 3.05) is 0 Å². The van der Waals surface area contributed by atoms with Crippen LogP contribution >= 0.6 is 11.3 Å². The van der Waals surface area contributed by atoms with Gasteiger partial charge in [-0.2, -0.15) is 0 Å². The number of nitrogens with zero attached hydrogens (tertiary/aromatic N) is 1. The van der Waals surface area contributed by atoms with Gasteiger partial charge in [0, 0.05) is 5.56 Å². The highest BCUT2D eigenvalue weighted by Gasteiger charge is 2.44. The van der Waals surface area contributed by atoms with Crippen molar-refractivity contribution in [1.82, 2.24) is 4.98 Å². The van der Waals surface area contributed by atoms with E-state index in [1.54, 1.807) is 17.6 Å². The number of aromatic nitrogens is 1. The van der Waals surface area contributed by atoms with Crippen LogP contribution in [0.15, 0.2) is 36.0 Å². The second kappa shape index (κ2) is 6.11. The Hall–Kier alpha value is -1.63. The Kier molecular flexibility index (Phi) is 4.32. The number of rotatable bonds is 0. The molecule has 0 aliphatic carbocycles. The summed E-state index contributed by atoms with van der Waals surface area (Å²) >= 11 is 1.62. The van der Waals surface area contributed by atoms with Crippen molar-refractivity contribution in [2.24, 2.45) is 0 Å². The lowest BCUT2D eigenvalue weighted by atomic mass is 9.90. The molecule has 1 saturated heterocycles. The molecule has 0 amide bonds. The molecule has 1 aromatic carbocycles. The Bertz CT molecular complexity index is 710. The summed E-state index contributed by atoms with van der Waals surface area (Å²) in [5.41, 5.74) is 3.56. The number of ether oxygens (including phenoxy) is 1. The van der Waals surface area contributed by atoms with Crippen molar-refractivity contribution >= 4 is 25.1 Å². The fourth-order valence-corrected chi connectivity index (χ4v) is 2.74. The number of para-hydroxylation sites is 1. The van der Waals surface area contributed by atoms with Gasteiger partial charge in [0.15, 0.2) is 0 Å². The lowest BCUT2D eigenvalue weighted by Gasteiger charge is -2.32. The van der Waals surface area contributed by atoms with E-state index in [4.69, 9.17) is 14.0 Å². The average molecular weight is 328 g/mol. The molecule has 0 atom stereocenters. The Morgan fingerprint density at radius 1 is 1.04 bits per heavy atom. The molecular formula is C17H19BNO3S. The highest BCUT2D eigenvalue weighted by Crippen LogP contribution is 2.36. The second-order valence-corrected chi connectivity index (χ2v) is 7.22. The highest BCUT2D eigenvalue weighted by molar-refractivity contribution is 7.11. The number of benzene rings is 1. The highest BCUT2D eigenvalue weighted by atomic mass is 32.1. The van der Waals surface area contributed by atoms with Crippen molar-refractivity contribution in [1.29, 1.82) is 0 Å². The minimum Gasteiger partial charge on any atom is -0.464 e. The quantitative estimate of drug-likeness (QED) is 0.676. The Morgan fingerprint density at radius 3 is 2.39 bits per heavy atom. The smallest absolute Gasteiger partial charge is 0.464 e. The monoisotopic (exact) mass is 328 g/mol. The summed E-state index contributed by atoms with van der Waals surface area (Å²) in [6.07, 6.45) is 3.66. The summed E-state index contributed by atoms with van der Waals surface area (Å²) < 4.78 is 15.9. The molecule has 4 nitrogen and oxygen atoms in total. The zero-order valence-electron chi connectivity index (χ0n) is 13.7. The van der Waals surface area contributed by atoms with Crippen LogP contribution in [-0.4, -0.2) is 23.9 Å². The topological polar surface area (TPSA) is 40.6 Å². The molecule has 3 heterocycles. The molecule has 6 heteroatoms. The number of hydrogen-bond donors (Lipinski definition) is 0. The predicted molar refractivity (Wildman–Crippen MR) is 93.3 cm³/mol. The lowest BCUT2D eigenvalue weighted by molar-refractivity contribution is 0.00578. The van der Waals surface area contributed by atoms with Crippen molar-refractivity contribution in [3.63, 3.8) is 0 Å². The van der Waals surface area contributed by atoms with Gasteiger partial charge in [0.1, 0.15) is 5.75 Å². The molecule has 0 spiro atoms. The summed E-state index contributed by atoms with van der Waals surface area (Å²) in [4.78, 5) is 5.49. The molecule has 0 saturated carbocycles. The molecular weight excluding hydrogens is 309 g/mol. The van der Waals surface area contributed by atoms with E-state index in [-0.39, 0.29) is 11.2 Å². The first-order valence-corrected chi connectivity index (χ1v) is 8.32. The zero-order valence-corrected chi connectivity index (χ0v) is 14.5. The van der Waals surface area contributed by atoms with E-state index in [1.165, 1.54) is 7.69 Å². The fourth-order valence-electron chi connectivity index (χ4n) is 2.06. The van der Waals surface area contributed by atoms with Gasteiger partial charge in [-0.15, -0.1) is 11.3 Å². The number of thiazole rings is 1. The van der Waals surface area contributed by atoms with Crippen molar-refractivity contribution in [3.05, 3.63) is 40.9 Å². The average Bonchev–Trinajstić information content (AvgIpc) is 3.00. The summed E-state index contributed by atoms with van der Waals surface area (Å²) in [6, 6.07) is 7.94. The van der Waals surface area contributed by atoms with Crippen molar-refractivity contribution in [3.8, 4) is 17.0 Å². The normalized spacial score (nSPS) is 19.3. The first-order chi connectivity index (χ1) is 10.9. The third kappa shape index (κ3) is 3.20. The predicted octanol–water partition coefficient (Wildman–Crippen LogP) is 4.30. The first-order valence-electron chi connectivity index (χ1n) is 7.44. The molecule has 2 aliphatic heterocycles. The Balaban J connectivity index is 0.000000151. The van der Waals surface area contributed by atoms with E-state index in [1.807, 2.05) is 63.5 Å². The van der Waals surface area contributed by atoms with E-state index < -0.39 is 0 Å². The molecule has 1 aromatic heterocycles. The third-order valence-electron chi connectivity index (χ3n) is 4.29. The Labute approximate surface area is 141 Å². The van der Waals surface area contributed by atoms with Gasteiger partial charge in [-0.05, 0) is 45.9 Å². The molecule has 1 fully saturated rings. The minimum absolute atomic E-state index is 0.187. The molecule has 4 rings (SSSR count). The van der Waals surface area contributed by atoms with Gasteiger partial charge >= 0.3 is 7.69 Å². The van der Waals surface area contributed by atoms with Crippen LogP contribution in [0.5, 0.6) is 5.75 Å². The fraction of sp³-hybridized carbons (Fsp3) is 0.353. The van der Waals surface area contributed by atoms with Crippen LogP contribution in [0, 0.1) is 0 Å². The molecule has 0 unspecified atom stereocenters. The van der Waals surface area contributed by atoms with E-state index in [2.05, 4.69) is 4.98 Å². The number of fused-ring (bicyclic) bond motifs is 3. The largest absolute Gasteiger partial charge is 0.488 e. The van der Waals surface area contributed by atoms with Gasteiger partial charge in [0.25, 0.3) is 0 Å². The third-order valence-corrected chi connectivity index (χ3v) is 5.08. The molecule has 1 radical (unpaired) electrons. The minimum atomic E-state index is -0.188. The van der Waals surface area contributed by atoms with Gasteiger partial charge in [-0.3, -0.25) is 0 Å². The van der Waals surface area contributed by atoms with Crippen LogP contribution in [-0.2, 0) is 9.31 Å². The first kappa shape index (κ1) is 16.2. The molecule has 23 heavy (non-hydrogen) atoms. The van der Waals surface area contributed by atoms with Crippen LogP contribution in [0.4, 0.5) is 0 Å². The van der Waals surface area contributed by atoms with Crippen LogP contribution in [0.1, 0.15) is 32.6 Å². The summed E-state index contributed by atoms with van der Waals surface area (Å²) in [5, 5.41) is 0. The summed E-state index contributed by atoms with van der Waals surface area (Å²) in [5.74, 6) is 0.869. The zero-order chi connectivity index (χ0) is 16.5. The van der Waals surface area contributed by atoms with E-state index in [9.17, 15) is 0 Å². The van der Waals surface area contributed by atoms with Crippen LogP contribution < -0.4 is 4.74 Å². The van der Waals surface area contributed by atoms with Crippen molar-refractivity contribution < 1.29 is 14.0 Å². The maximum atomic E-state index is 5.48. The van der Waals surface area contributed by atoms with Crippen LogP contribution in [0.25, 0.3) is 17.3 Å². The number of hydrogen-bond acceptors (Lipinski definition) is 5. The van der Waals surface area contributed by atoms with Crippen LogP contribution in [0.2, 0.25) is 0 Å². The van der Waals surface area contributed by atoms with Gasteiger partial charge in [0.2, 0.25) is 0 Å². The molecule has 119 valence electrons. The maximum absolute atomic E-state index is 5.48. The van der Waals surface area contributed by atoms with E-state index in [0.29, 0.717) is 0 Å². The van der Waals surface area contributed by atoms with Crippen LogP contribution in [0.3, 0.4) is 0 Å². The molecule has 0 N–H and O–H groups in total. The molecule has 2 aliphatic rings. The molecule has 0 bridgehead atoms. The Morgan fingerprint density at radius 2 is 1.74 bits per heavy atom. The SMILES string of the molecule is C1=Cc2scnc2-c2ccccc2O1.CC1(C)O[B]OC1(C)C. The second-order valence-electron chi connectivity index (χ2n) is 6.33. The lowest BCUT2D eigenvalue weighted by Crippen LogP contribution is -2.41. The van der Waals surface area contributed by atoms with E-state index >= 15 is 0 Å². The summed E-state index contributed by atoms with van der Waals surface area (Å²) in [6.45, 7) is 8.04. The van der Waals surface area contributed by atoms with Gasteiger partial charge in [-0.1, -0.05) is 12.1 Å². The standard InChI is InChI=1S/C11H7NOS.C6H12BO2/c1-2-4-9-8(3-1)11-10(5-6-13-9)14-7-12-11;1-5(2)6(3,4)9-7-8-5/h1-7H;1-4H3. The van der Waals surface area contributed by atoms with Gasteiger partial charge in [0.05, 0.1) is 33.5 Å². The van der Waals surface area contributed by atoms with Crippen molar-refractivity contribution in [2.45, 2.75) is 38.9 Å². The molecule has 2 aromatic rings.